The fourth-order valence-corrected chi connectivity index (χ4v) is 5.20. The van der Waals surface area contributed by atoms with Crippen molar-refractivity contribution in [1.29, 1.82) is 5.26 Å². The van der Waals surface area contributed by atoms with Crippen LogP contribution in [0.2, 0.25) is 0 Å². The molecule has 0 bridgehead atoms. The molecule has 1 heterocycles. The van der Waals surface area contributed by atoms with E-state index in [4.69, 9.17) is 18.9 Å². The van der Waals surface area contributed by atoms with Gasteiger partial charge in [0.25, 0.3) is 5.91 Å². The van der Waals surface area contributed by atoms with E-state index in [1.807, 2.05) is 0 Å². The minimum Gasteiger partial charge on any atom is -0.493 e. The van der Waals surface area contributed by atoms with E-state index in [-0.39, 0.29) is 51.8 Å². The minimum absolute atomic E-state index is 0.0342. The third-order valence-electron chi connectivity index (χ3n) is 6.80. The second-order valence-electron chi connectivity index (χ2n) is 9.95. The number of ether oxygens (including phenoxy) is 4. The largest absolute Gasteiger partial charge is 0.493 e. The molecule has 0 saturated carbocycles. The van der Waals surface area contributed by atoms with Crippen molar-refractivity contribution in [2.45, 2.75) is 26.5 Å². The molecule has 248 valence electrons. The average Bonchev–Trinajstić information content (AvgIpc) is 3.06. The second-order valence-corrected chi connectivity index (χ2v) is 10.8. The predicted molar refractivity (Wildman–Crippen MR) is 174 cm³/mol. The topological polar surface area (TPSA) is 204 Å². The Morgan fingerprint density at radius 1 is 1.17 bits per heavy atom. The van der Waals surface area contributed by atoms with Crippen LogP contribution in [0, 0.1) is 21.4 Å². The lowest BCUT2D eigenvalue weighted by Gasteiger charge is -2.28. The number of nitriles is 1. The number of amides is 3. The highest BCUT2D eigenvalue weighted by Gasteiger charge is 2.32. The van der Waals surface area contributed by atoms with E-state index in [1.54, 1.807) is 50.2 Å². The summed E-state index contributed by atoms with van der Waals surface area (Å²) >= 11 is 3.29. The number of allylic oxidation sites excluding steroid dienone is 1. The van der Waals surface area contributed by atoms with Crippen molar-refractivity contribution in [1.82, 2.24) is 16.1 Å². The summed E-state index contributed by atoms with van der Waals surface area (Å²) in [6.07, 6.45) is 1.21. The van der Waals surface area contributed by atoms with Gasteiger partial charge in [0.1, 0.15) is 6.61 Å². The molecule has 0 aliphatic carbocycles. The van der Waals surface area contributed by atoms with Crippen molar-refractivity contribution in [3.63, 3.8) is 0 Å². The molecule has 3 amide bonds. The van der Waals surface area contributed by atoms with E-state index < -0.39 is 35.5 Å². The lowest BCUT2D eigenvalue weighted by atomic mass is 9.95. The Kier molecular flexibility index (Phi) is 11.7. The first-order valence-corrected chi connectivity index (χ1v) is 15.0. The van der Waals surface area contributed by atoms with Gasteiger partial charge in [0.15, 0.2) is 18.1 Å². The number of nitrogens with one attached hydrogen (secondary N) is 3. The maximum absolute atomic E-state index is 12.6. The fourth-order valence-electron chi connectivity index (χ4n) is 4.62. The van der Waals surface area contributed by atoms with Crippen LogP contribution in [0.15, 0.2) is 75.4 Å². The standard InChI is InChI=1S/C32H29BrN6O9/c1-4-46-31(41)28-18(2)36-32(42)37-29(28)20-9-10-25(26(13-20)45-3)47-17-27(40)38-35-15-19-11-23(33)30(24(12-19)39(43)44)48-16-22-8-6-5-7-21(22)14-34/h5-13,15,29H,4,16-17H2,1-3H3,(H,38,40)(H2,36,37,42)/b35-15+/t29-/m0/s1. The summed E-state index contributed by atoms with van der Waals surface area (Å²) in [5, 5.41) is 30.2. The Labute approximate surface area is 282 Å². The number of hydrazone groups is 1. The molecule has 0 spiro atoms. The zero-order valence-corrected chi connectivity index (χ0v) is 27.5. The normalized spacial score (nSPS) is 14.0. The molecule has 1 atom stereocenters. The molecular formula is C32H29BrN6O9. The SMILES string of the molecule is CCOC(=O)C1=C(C)NC(=O)N[C@H]1c1ccc(OCC(=O)N/N=C/c2cc(Br)c(OCc3ccccc3C#N)c([N+](=O)[O-])c2)c(OC)c1. The van der Waals surface area contributed by atoms with Crippen LogP contribution in [0.3, 0.4) is 0 Å². The molecule has 0 aromatic heterocycles. The number of hydrogen-bond donors (Lipinski definition) is 3. The van der Waals surface area contributed by atoms with E-state index in [0.29, 0.717) is 22.4 Å². The lowest BCUT2D eigenvalue weighted by molar-refractivity contribution is -0.386. The summed E-state index contributed by atoms with van der Waals surface area (Å²) in [5.74, 6) is -0.836. The Balaban J connectivity index is 1.41. The van der Waals surface area contributed by atoms with Crippen molar-refractivity contribution in [3.05, 3.63) is 103 Å². The van der Waals surface area contributed by atoms with Gasteiger partial charge in [0.2, 0.25) is 5.75 Å². The molecule has 15 nitrogen and oxygen atoms in total. The quantitative estimate of drug-likeness (QED) is 0.0973. The number of nitro benzene ring substituents is 1. The molecule has 48 heavy (non-hydrogen) atoms. The highest BCUT2D eigenvalue weighted by Crippen LogP contribution is 2.37. The smallest absolute Gasteiger partial charge is 0.338 e. The number of halogens is 1. The number of nitro groups is 1. The van der Waals surface area contributed by atoms with Crippen LogP contribution in [-0.4, -0.2) is 49.4 Å². The summed E-state index contributed by atoms with van der Waals surface area (Å²) < 4.78 is 22.2. The number of carbonyl (C=O) groups excluding carboxylic acids is 3. The highest BCUT2D eigenvalue weighted by molar-refractivity contribution is 9.10. The van der Waals surface area contributed by atoms with Crippen molar-refractivity contribution in [2.24, 2.45) is 5.10 Å². The van der Waals surface area contributed by atoms with Gasteiger partial charge in [-0.25, -0.2) is 15.0 Å². The third-order valence-corrected chi connectivity index (χ3v) is 7.39. The first kappa shape index (κ1) is 34.9. The molecule has 16 heteroatoms. The molecular weight excluding hydrogens is 692 g/mol. The first-order chi connectivity index (χ1) is 23.1. The minimum atomic E-state index is -0.824. The van der Waals surface area contributed by atoms with Crippen molar-refractivity contribution in [3.8, 4) is 23.3 Å². The predicted octanol–water partition coefficient (Wildman–Crippen LogP) is 4.54. The summed E-state index contributed by atoms with van der Waals surface area (Å²) in [6.45, 7) is 2.88. The molecule has 1 aliphatic heterocycles. The number of nitrogens with zero attached hydrogens (tertiary/aromatic N) is 3. The van der Waals surface area contributed by atoms with Gasteiger partial charge in [-0.15, -0.1) is 0 Å². The summed E-state index contributed by atoms with van der Waals surface area (Å²) in [5.41, 5.74) is 4.26. The van der Waals surface area contributed by atoms with Crippen LogP contribution >= 0.6 is 15.9 Å². The molecule has 1 aliphatic rings. The molecule has 3 aromatic carbocycles. The van der Waals surface area contributed by atoms with E-state index in [1.165, 1.54) is 31.5 Å². The average molecular weight is 722 g/mol. The van der Waals surface area contributed by atoms with Crippen molar-refractivity contribution >= 4 is 45.7 Å². The molecule has 3 aromatic rings. The molecule has 3 N–H and O–H groups in total. The molecule has 0 radical (unpaired) electrons. The zero-order chi connectivity index (χ0) is 34.8. The van der Waals surface area contributed by atoms with Gasteiger partial charge in [0.05, 0.1) is 52.6 Å². The number of rotatable bonds is 13. The Hall–Kier alpha value is -5.95. The number of urea groups is 1. The van der Waals surface area contributed by atoms with Crippen LogP contribution in [0.1, 0.15) is 42.1 Å². The Morgan fingerprint density at radius 2 is 1.94 bits per heavy atom. The van der Waals surface area contributed by atoms with Crippen molar-refractivity contribution < 1.29 is 38.3 Å². The van der Waals surface area contributed by atoms with Gasteiger partial charge < -0.3 is 29.6 Å². The van der Waals surface area contributed by atoms with E-state index in [9.17, 15) is 29.8 Å². The Bertz CT molecular complexity index is 1850. The number of esters is 1. The summed E-state index contributed by atoms with van der Waals surface area (Å²) in [6, 6.07) is 14.9. The van der Waals surface area contributed by atoms with E-state index in [0.717, 1.165) is 0 Å². The van der Waals surface area contributed by atoms with Gasteiger partial charge >= 0.3 is 17.7 Å². The van der Waals surface area contributed by atoms with Crippen LogP contribution in [0.5, 0.6) is 17.2 Å². The van der Waals surface area contributed by atoms with Crippen LogP contribution in [0.4, 0.5) is 10.5 Å². The first-order valence-electron chi connectivity index (χ1n) is 14.2. The zero-order valence-electron chi connectivity index (χ0n) is 25.9. The number of hydrogen-bond acceptors (Lipinski definition) is 11. The number of methoxy groups -OCH3 is 1. The maximum atomic E-state index is 12.6. The summed E-state index contributed by atoms with van der Waals surface area (Å²) in [7, 11) is 1.39. The van der Waals surface area contributed by atoms with Gasteiger partial charge in [0, 0.05) is 22.9 Å². The fraction of sp³-hybridized carbons (Fsp3) is 0.219. The second kappa shape index (κ2) is 16.1. The van der Waals surface area contributed by atoms with Crippen LogP contribution < -0.4 is 30.3 Å². The van der Waals surface area contributed by atoms with Crippen LogP contribution in [-0.2, 0) is 20.9 Å². The summed E-state index contributed by atoms with van der Waals surface area (Å²) in [4.78, 5) is 48.4. The van der Waals surface area contributed by atoms with E-state index in [2.05, 4.69) is 43.2 Å². The van der Waals surface area contributed by atoms with Gasteiger partial charge in [-0.05, 0) is 59.6 Å². The van der Waals surface area contributed by atoms with Gasteiger partial charge in [-0.3, -0.25) is 14.9 Å². The molecule has 4 rings (SSSR count). The molecule has 0 fully saturated rings. The molecule has 0 unspecified atom stereocenters. The Morgan fingerprint density at radius 3 is 2.65 bits per heavy atom. The highest BCUT2D eigenvalue weighted by atomic mass is 79.9. The van der Waals surface area contributed by atoms with Gasteiger partial charge in [-0.1, -0.05) is 24.3 Å². The number of benzene rings is 3. The molecule has 0 saturated heterocycles. The lowest BCUT2D eigenvalue weighted by Crippen LogP contribution is -2.45. The number of carbonyl (C=O) groups is 3. The van der Waals surface area contributed by atoms with Gasteiger partial charge in [-0.2, -0.15) is 10.4 Å². The monoisotopic (exact) mass is 720 g/mol. The maximum Gasteiger partial charge on any atom is 0.338 e. The van der Waals surface area contributed by atoms with E-state index >= 15 is 0 Å². The van der Waals surface area contributed by atoms with Crippen molar-refractivity contribution in [2.75, 3.05) is 20.3 Å². The van der Waals surface area contributed by atoms with Crippen LogP contribution in [0.25, 0.3) is 0 Å². The third kappa shape index (κ3) is 8.44.